The van der Waals surface area contributed by atoms with Crippen molar-refractivity contribution in [1.29, 1.82) is 0 Å². The number of hydrogen-bond donors (Lipinski definition) is 1. The van der Waals surface area contributed by atoms with Gasteiger partial charge in [-0.25, -0.2) is 0 Å². The van der Waals surface area contributed by atoms with Gasteiger partial charge in [0.05, 0.1) is 17.9 Å². The van der Waals surface area contributed by atoms with Crippen molar-refractivity contribution >= 4 is 22.9 Å². The molecular weight excluding hydrogens is 606 g/mol. The minimum absolute atomic E-state index is 0.0218. The number of rotatable bonds is 10. The number of esters is 1. The highest BCUT2D eigenvalue weighted by molar-refractivity contribution is 5.97. The minimum atomic E-state index is -0.769. The fraction of sp³-hybridized carbons (Fsp3) is 0.100. The van der Waals surface area contributed by atoms with Gasteiger partial charge in [0.2, 0.25) is 5.75 Å². The molecule has 1 aromatic heterocycles. The van der Waals surface area contributed by atoms with Crippen molar-refractivity contribution in [3.8, 4) is 46.0 Å². The molecule has 0 bridgehead atoms. The van der Waals surface area contributed by atoms with Gasteiger partial charge in [0.25, 0.3) is 0 Å². The number of aliphatic hydroxyl groups excluding tert-OH is 1. The number of nitrogens with zero attached hydrogens (tertiary/aromatic N) is 1. The van der Waals surface area contributed by atoms with Crippen molar-refractivity contribution in [1.82, 2.24) is 4.98 Å². The van der Waals surface area contributed by atoms with Crippen molar-refractivity contribution in [2.75, 3.05) is 0 Å². The van der Waals surface area contributed by atoms with E-state index in [0.717, 1.165) is 0 Å². The van der Waals surface area contributed by atoms with Crippen LogP contribution in [0.15, 0.2) is 140 Å². The number of carbonyl (C=O) groups is 1. The Kier molecular flexibility index (Phi) is 8.97. The van der Waals surface area contributed by atoms with Crippen LogP contribution in [0.2, 0.25) is 0 Å². The average Bonchev–Trinajstić information content (AvgIpc) is 3.11. The topological polar surface area (TPSA) is 96.3 Å². The number of aromatic nitrogens is 1. The number of aliphatic hydroxyl groups is 1. The summed E-state index contributed by atoms with van der Waals surface area (Å²) in [6, 6.07) is 39.4. The Morgan fingerprint density at radius 2 is 1.17 bits per heavy atom. The Morgan fingerprint density at radius 1 is 0.667 bits per heavy atom. The molecule has 8 nitrogen and oxygen atoms in total. The van der Waals surface area contributed by atoms with Crippen molar-refractivity contribution in [3.63, 3.8) is 0 Å². The predicted molar refractivity (Wildman–Crippen MR) is 182 cm³/mol. The molecule has 1 N–H and O–H groups in total. The van der Waals surface area contributed by atoms with Crippen LogP contribution in [-0.2, 0) is 9.53 Å². The molecule has 0 aliphatic carbocycles. The average molecular weight is 638 g/mol. The van der Waals surface area contributed by atoms with Gasteiger partial charge in [-0.05, 0) is 60.7 Å². The van der Waals surface area contributed by atoms with E-state index in [-0.39, 0.29) is 6.42 Å². The first-order valence-corrected chi connectivity index (χ1v) is 15.6. The largest absolute Gasteiger partial charge is 0.458 e. The monoisotopic (exact) mass is 637 g/mol. The maximum absolute atomic E-state index is 12.0. The SMILES string of the molecule is O=C1C[C@H](O)C[C@@H](/C=C/c2cnc3c(Oc4ccccc4)c(Oc4ccccc4)c(Oc4ccccc4)cc3c2Oc2ccccc2)O1. The summed E-state index contributed by atoms with van der Waals surface area (Å²) in [6.45, 7) is 0. The van der Waals surface area contributed by atoms with Gasteiger partial charge in [0.1, 0.15) is 40.4 Å². The Morgan fingerprint density at radius 3 is 1.71 bits per heavy atom. The number of pyridine rings is 1. The predicted octanol–water partition coefficient (Wildman–Crippen LogP) is 9.48. The first kappa shape index (κ1) is 30.5. The van der Waals surface area contributed by atoms with Crippen LogP contribution in [0.1, 0.15) is 18.4 Å². The number of ether oxygens (including phenoxy) is 5. The molecule has 1 saturated heterocycles. The molecule has 238 valence electrons. The number of para-hydroxylation sites is 4. The zero-order valence-corrected chi connectivity index (χ0v) is 25.8. The number of cyclic esters (lactones) is 1. The number of hydrogen-bond acceptors (Lipinski definition) is 8. The van der Waals surface area contributed by atoms with Crippen LogP contribution in [0.4, 0.5) is 0 Å². The van der Waals surface area contributed by atoms with E-state index < -0.39 is 18.2 Å². The molecule has 6 aromatic rings. The first-order chi connectivity index (χ1) is 23.6. The van der Waals surface area contributed by atoms with Crippen LogP contribution in [0.25, 0.3) is 17.0 Å². The minimum Gasteiger partial charge on any atom is -0.458 e. The first-order valence-electron chi connectivity index (χ1n) is 15.6. The molecule has 7 rings (SSSR count). The lowest BCUT2D eigenvalue weighted by molar-refractivity contribution is -0.156. The van der Waals surface area contributed by atoms with Crippen LogP contribution in [0, 0.1) is 0 Å². The maximum atomic E-state index is 12.0. The molecule has 0 radical (unpaired) electrons. The third kappa shape index (κ3) is 7.14. The highest BCUT2D eigenvalue weighted by atomic mass is 16.6. The van der Waals surface area contributed by atoms with Gasteiger partial charge in [-0.1, -0.05) is 78.9 Å². The fourth-order valence-corrected chi connectivity index (χ4v) is 5.33. The summed E-state index contributed by atoms with van der Waals surface area (Å²) in [5.41, 5.74) is 1.07. The Labute approximate surface area is 277 Å². The van der Waals surface area contributed by atoms with Gasteiger partial charge < -0.3 is 28.8 Å². The second kappa shape index (κ2) is 14.1. The second-order valence-electron chi connectivity index (χ2n) is 11.1. The summed E-state index contributed by atoms with van der Waals surface area (Å²) >= 11 is 0. The molecule has 0 spiro atoms. The normalized spacial score (nSPS) is 16.0. The molecule has 2 heterocycles. The standard InChI is InChI=1S/C40H31NO7/c42-28-23-33(45-36(43)24-28)22-21-27-26-41-37-34(38(27)46-30-15-7-2-8-16-30)25-35(44-29-13-5-1-6-14-29)39(47-31-17-9-3-10-18-31)40(37)48-32-19-11-4-12-20-32/h1-22,25-26,28,33,42H,23-24H2/b22-21+/t28-,33-/m1/s1. The summed E-state index contributed by atoms with van der Waals surface area (Å²) in [6.07, 6.45) is 4.08. The van der Waals surface area contributed by atoms with Gasteiger partial charge in [0, 0.05) is 18.2 Å². The van der Waals surface area contributed by atoms with Crippen molar-refractivity contribution in [2.24, 2.45) is 0 Å². The van der Waals surface area contributed by atoms with E-state index in [1.165, 1.54) is 0 Å². The molecule has 1 aliphatic rings. The van der Waals surface area contributed by atoms with Gasteiger partial charge >= 0.3 is 5.97 Å². The van der Waals surface area contributed by atoms with Gasteiger partial charge in [-0.2, -0.15) is 0 Å². The molecule has 8 heteroatoms. The van der Waals surface area contributed by atoms with E-state index in [1.54, 1.807) is 18.3 Å². The van der Waals surface area contributed by atoms with E-state index in [1.807, 2.05) is 127 Å². The van der Waals surface area contributed by atoms with E-state index >= 15 is 0 Å². The lowest BCUT2D eigenvalue weighted by atomic mass is 10.0. The van der Waals surface area contributed by atoms with Crippen molar-refractivity contribution in [3.05, 3.63) is 145 Å². The molecule has 1 fully saturated rings. The van der Waals surface area contributed by atoms with Crippen LogP contribution in [0.3, 0.4) is 0 Å². The van der Waals surface area contributed by atoms with Gasteiger partial charge in [0.15, 0.2) is 11.5 Å². The van der Waals surface area contributed by atoms with Crippen LogP contribution in [0.5, 0.6) is 46.0 Å². The van der Waals surface area contributed by atoms with Gasteiger partial charge in [-0.3, -0.25) is 9.78 Å². The molecule has 1 aliphatic heterocycles. The van der Waals surface area contributed by atoms with Crippen LogP contribution < -0.4 is 18.9 Å². The summed E-state index contributed by atoms with van der Waals surface area (Å²) in [5.74, 6) is 3.38. The van der Waals surface area contributed by atoms with E-state index in [9.17, 15) is 9.90 Å². The molecule has 5 aromatic carbocycles. The van der Waals surface area contributed by atoms with E-state index in [4.69, 9.17) is 28.7 Å². The van der Waals surface area contributed by atoms with E-state index in [2.05, 4.69) is 0 Å². The molecule has 0 unspecified atom stereocenters. The van der Waals surface area contributed by atoms with Gasteiger partial charge in [-0.15, -0.1) is 0 Å². The fourth-order valence-electron chi connectivity index (χ4n) is 5.33. The van der Waals surface area contributed by atoms with Crippen molar-refractivity contribution in [2.45, 2.75) is 25.0 Å². The zero-order valence-electron chi connectivity index (χ0n) is 25.8. The maximum Gasteiger partial charge on any atom is 0.309 e. The summed E-state index contributed by atoms with van der Waals surface area (Å²) < 4.78 is 31.6. The third-order valence-corrected chi connectivity index (χ3v) is 7.56. The summed E-state index contributed by atoms with van der Waals surface area (Å²) in [7, 11) is 0. The zero-order chi connectivity index (χ0) is 32.7. The molecule has 48 heavy (non-hydrogen) atoms. The Hall–Kier alpha value is -6.12. The van der Waals surface area contributed by atoms with Crippen molar-refractivity contribution < 1.29 is 33.6 Å². The Balaban J connectivity index is 1.45. The molecular formula is C40H31NO7. The van der Waals surface area contributed by atoms with Crippen LogP contribution in [-0.4, -0.2) is 28.3 Å². The number of carbonyl (C=O) groups excluding carboxylic acids is 1. The number of fused-ring (bicyclic) bond motifs is 1. The Bertz CT molecular complexity index is 2040. The molecule has 0 amide bonds. The number of benzene rings is 5. The summed E-state index contributed by atoms with van der Waals surface area (Å²) in [5, 5.41) is 10.7. The third-order valence-electron chi connectivity index (χ3n) is 7.56. The highest BCUT2D eigenvalue weighted by Gasteiger charge is 2.27. The van der Waals surface area contributed by atoms with E-state index in [0.29, 0.717) is 68.9 Å². The lowest BCUT2D eigenvalue weighted by Gasteiger charge is -2.23. The molecule has 0 saturated carbocycles. The highest BCUT2D eigenvalue weighted by Crippen LogP contribution is 2.51. The van der Waals surface area contributed by atoms with Crippen LogP contribution >= 0.6 is 0 Å². The molecule has 2 atom stereocenters. The summed E-state index contributed by atoms with van der Waals surface area (Å²) in [4.78, 5) is 16.9. The smallest absolute Gasteiger partial charge is 0.309 e. The lowest BCUT2D eigenvalue weighted by Crippen LogP contribution is -2.31. The second-order valence-corrected chi connectivity index (χ2v) is 11.1. The quantitative estimate of drug-likeness (QED) is 0.148.